The minimum atomic E-state index is -3.64. The summed E-state index contributed by atoms with van der Waals surface area (Å²) in [5, 5.41) is 2.70. The first-order valence-electron chi connectivity index (χ1n) is 10.0. The smallest absolute Gasteiger partial charge is 0.248 e. The van der Waals surface area contributed by atoms with Gasteiger partial charge in [0.2, 0.25) is 15.9 Å². The number of hydrogen-bond donors (Lipinski definition) is 1. The first-order chi connectivity index (χ1) is 15.4. The number of sulfonamides is 1. The van der Waals surface area contributed by atoms with Crippen molar-refractivity contribution < 1.29 is 27.4 Å². The Morgan fingerprint density at radius 2 is 1.97 bits per heavy atom. The molecule has 1 fully saturated rings. The van der Waals surface area contributed by atoms with Gasteiger partial charge < -0.3 is 19.5 Å². The van der Waals surface area contributed by atoms with Crippen molar-refractivity contribution in [2.45, 2.75) is 4.90 Å². The van der Waals surface area contributed by atoms with Crippen LogP contribution in [0.3, 0.4) is 0 Å². The molecule has 2 aromatic carbocycles. The molecule has 3 rings (SSSR count). The Morgan fingerprint density at radius 1 is 1.19 bits per heavy atom. The maximum absolute atomic E-state index is 12.8. The van der Waals surface area contributed by atoms with Gasteiger partial charge in [-0.15, -0.1) is 0 Å². The third kappa shape index (κ3) is 5.97. The van der Waals surface area contributed by atoms with Crippen LogP contribution in [0.25, 0.3) is 6.08 Å². The summed E-state index contributed by atoms with van der Waals surface area (Å²) in [5.41, 5.74) is 1.13. The van der Waals surface area contributed by atoms with E-state index in [-0.39, 0.29) is 4.90 Å². The summed E-state index contributed by atoms with van der Waals surface area (Å²) in [6.07, 6.45) is 4.63. The van der Waals surface area contributed by atoms with E-state index in [0.717, 1.165) is 5.56 Å². The van der Waals surface area contributed by atoms with E-state index in [4.69, 9.17) is 14.2 Å². The highest BCUT2D eigenvalue weighted by Crippen LogP contribution is 2.28. The van der Waals surface area contributed by atoms with Crippen LogP contribution in [0.5, 0.6) is 11.5 Å². The van der Waals surface area contributed by atoms with E-state index in [9.17, 15) is 13.2 Å². The molecule has 0 bridgehead atoms. The summed E-state index contributed by atoms with van der Waals surface area (Å²) in [6, 6.07) is 11.5. The second kappa shape index (κ2) is 10.9. The molecule has 1 aliphatic rings. The number of benzene rings is 2. The molecule has 2 aromatic rings. The van der Waals surface area contributed by atoms with E-state index in [2.05, 4.69) is 11.9 Å². The highest BCUT2D eigenvalue weighted by molar-refractivity contribution is 7.89. The van der Waals surface area contributed by atoms with Crippen LogP contribution in [0.2, 0.25) is 0 Å². The van der Waals surface area contributed by atoms with Gasteiger partial charge in [0.05, 0.1) is 25.2 Å². The van der Waals surface area contributed by atoms with Gasteiger partial charge in [0.1, 0.15) is 6.61 Å². The molecule has 0 saturated carbocycles. The van der Waals surface area contributed by atoms with Gasteiger partial charge in [0.25, 0.3) is 0 Å². The van der Waals surface area contributed by atoms with Crippen LogP contribution in [-0.2, 0) is 19.6 Å². The Morgan fingerprint density at radius 3 is 2.69 bits per heavy atom. The number of nitrogens with zero attached hydrogens (tertiary/aromatic N) is 1. The fraction of sp³-hybridized carbons (Fsp3) is 0.261. The van der Waals surface area contributed by atoms with Crippen LogP contribution >= 0.6 is 0 Å². The van der Waals surface area contributed by atoms with Crippen molar-refractivity contribution in [1.29, 1.82) is 0 Å². The zero-order chi connectivity index (χ0) is 23.0. The van der Waals surface area contributed by atoms with E-state index < -0.39 is 15.9 Å². The molecule has 170 valence electrons. The number of rotatable bonds is 9. The number of nitrogens with one attached hydrogen (secondary N) is 1. The molecule has 9 heteroatoms. The summed E-state index contributed by atoms with van der Waals surface area (Å²) in [4.78, 5) is 12.5. The molecular formula is C23H26N2O6S. The van der Waals surface area contributed by atoms with Gasteiger partial charge >= 0.3 is 0 Å². The molecule has 1 saturated heterocycles. The Bertz CT molecular complexity index is 1090. The fourth-order valence-electron chi connectivity index (χ4n) is 3.08. The lowest BCUT2D eigenvalue weighted by atomic mass is 10.2. The average Bonchev–Trinajstić information content (AvgIpc) is 2.82. The predicted molar refractivity (Wildman–Crippen MR) is 122 cm³/mol. The highest BCUT2D eigenvalue weighted by atomic mass is 32.2. The number of anilines is 1. The normalized spacial score (nSPS) is 14.8. The third-order valence-electron chi connectivity index (χ3n) is 4.68. The molecule has 0 atom stereocenters. The van der Waals surface area contributed by atoms with E-state index >= 15 is 0 Å². The first kappa shape index (κ1) is 23.5. The first-order valence-corrected chi connectivity index (χ1v) is 11.5. The molecule has 1 aliphatic heterocycles. The zero-order valence-corrected chi connectivity index (χ0v) is 18.6. The number of amides is 1. The van der Waals surface area contributed by atoms with Crippen molar-refractivity contribution in [3.63, 3.8) is 0 Å². The number of methoxy groups -OCH3 is 1. The van der Waals surface area contributed by atoms with Gasteiger partial charge in [0, 0.05) is 24.9 Å². The van der Waals surface area contributed by atoms with Crippen molar-refractivity contribution in [2.75, 3.05) is 45.3 Å². The van der Waals surface area contributed by atoms with Crippen LogP contribution in [0, 0.1) is 0 Å². The topological polar surface area (TPSA) is 94.2 Å². The molecule has 32 heavy (non-hydrogen) atoms. The minimum absolute atomic E-state index is 0.126. The van der Waals surface area contributed by atoms with Crippen molar-refractivity contribution in [3.05, 3.63) is 66.8 Å². The van der Waals surface area contributed by atoms with E-state index in [0.29, 0.717) is 50.1 Å². The van der Waals surface area contributed by atoms with Gasteiger partial charge in [-0.1, -0.05) is 24.8 Å². The number of hydrogen-bond acceptors (Lipinski definition) is 6. The fourth-order valence-corrected chi connectivity index (χ4v) is 4.54. The number of ether oxygens (including phenoxy) is 3. The molecule has 1 amide bonds. The summed E-state index contributed by atoms with van der Waals surface area (Å²) < 4.78 is 43.0. The zero-order valence-electron chi connectivity index (χ0n) is 17.8. The van der Waals surface area contributed by atoms with Gasteiger partial charge in [-0.3, -0.25) is 4.79 Å². The molecule has 1 N–H and O–H groups in total. The Kier molecular flexibility index (Phi) is 8.04. The van der Waals surface area contributed by atoms with Crippen LogP contribution in [0.4, 0.5) is 5.69 Å². The number of morpholine rings is 1. The van der Waals surface area contributed by atoms with Crippen molar-refractivity contribution in [3.8, 4) is 11.5 Å². The summed E-state index contributed by atoms with van der Waals surface area (Å²) in [6.45, 7) is 5.32. The third-order valence-corrected chi connectivity index (χ3v) is 6.58. The molecule has 1 heterocycles. The molecular weight excluding hydrogens is 432 g/mol. The average molecular weight is 459 g/mol. The van der Waals surface area contributed by atoms with Crippen LogP contribution in [0.15, 0.2) is 66.1 Å². The van der Waals surface area contributed by atoms with Gasteiger partial charge in [-0.2, -0.15) is 4.31 Å². The van der Waals surface area contributed by atoms with E-state index in [1.54, 1.807) is 42.5 Å². The second-order valence-electron chi connectivity index (χ2n) is 6.88. The summed E-state index contributed by atoms with van der Waals surface area (Å²) >= 11 is 0. The minimum Gasteiger partial charge on any atom is -0.493 e. The monoisotopic (exact) mass is 458 g/mol. The molecule has 8 nitrogen and oxygen atoms in total. The quantitative estimate of drug-likeness (QED) is 0.459. The lowest BCUT2D eigenvalue weighted by Crippen LogP contribution is -2.40. The second-order valence-corrected chi connectivity index (χ2v) is 8.81. The van der Waals surface area contributed by atoms with Gasteiger partial charge in [-0.05, 0) is 42.0 Å². The Hall–Kier alpha value is -3.14. The maximum Gasteiger partial charge on any atom is 0.248 e. The predicted octanol–water partition coefficient (Wildman–Crippen LogP) is 2.93. The van der Waals surface area contributed by atoms with E-state index in [1.165, 1.54) is 29.6 Å². The number of carbonyl (C=O) groups is 1. The summed E-state index contributed by atoms with van der Waals surface area (Å²) in [5.74, 6) is 0.722. The SMILES string of the molecule is C=CCOc1ccc(/C=C/C(=O)Nc2cccc(S(=O)(=O)N3CCOCC3)c2)cc1OC. The van der Waals surface area contributed by atoms with E-state index in [1.807, 2.05) is 0 Å². The van der Waals surface area contributed by atoms with Gasteiger partial charge in [-0.25, -0.2) is 8.42 Å². The van der Waals surface area contributed by atoms with Crippen LogP contribution in [0.1, 0.15) is 5.56 Å². The van der Waals surface area contributed by atoms with Crippen molar-refractivity contribution >= 4 is 27.7 Å². The summed E-state index contributed by atoms with van der Waals surface area (Å²) in [7, 11) is -2.11. The van der Waals surface area contributed by atoms with Crippen LogP contribution < -0.4 is 14.8 Å². The maximum atomic E-state index is 12.8. The molecule has 0 aromatic heterocycles. The Balaban J connectivity index is 1.68. The van der Waals surface area contributed by atoms with Crippen molar-refractivity contribution in [2.24, 2.45) is 0 Å². The molecule has 0 aliphatic carbocycles. The van der Waals surface area contributed by atoms with Gasteiger partial charge in [0.15, 0.2) is 11.5 Å². The molecule has 0 radical (unpaired) electrons. The van der Waals surface area contributed by atoms with Crippen molar-refractivity contribution in [1.82, 2.24) is 4.31 Å². The largest absolute Gasteiger partial charge is 0.493 e. The highest BCUT2D eigenvalue weighted by Gasteiger charge is 2.26. The molecule has 0 unspecified atom stereocenters. The number of carbonyl (C=O) groups excluding carboxylic acids is 1. The lowest BCUT2D eigenvalue weighted by Gasteiger charge is -2.26. The van der Waals surface area contributed by atoms with Crippen LogP contribution in [-0.4, -0.2) is 58.7 Å². The molecule has 0 spiro atoms. The lowest BCUT2D eigenvalue weighted by molar-refractivity contribution is -0.111. The Labute approximate surface area is 188 Å². The standard InChI is InChI=1S/C23H26N2O6S/c1-3-13-31-21-9-7-18(16-22(21)29-2)8-10-23(26)24-19-5-4-6-20(17-19)32(27,28)25-11-14-30-15-12-25/h3-10,16-17H,1,11-15H2,2H3,(H,24,26)/b10-8+.